The zero-order chi connectivity index (χ0) is 33.7. The minimum absolute atomic E-state index is 0.245. The van der Waals surface area contributed by atoms with E-state index in [2.05, 4.69) is 6.92 Å². The van der Waals surface area contributed by atoms with Gasteiger partial charge in [-0.3, -0.25) is 14.5 Å². The molecule has 1 aliphatic heterocycles. The molecule has 12 nitrogen and oxygen atoms in total. The number of unbranched alkanes of at least 4 members (excludes halogenated alkanes) is 10. The molecule has 0 aromatic heterocycles. The van der Waals surface area contributed by atoms with Gasteiger partial charge in [-0.1, -0.05) is 71.1 Å². The number of nitrogens with zero attached hydrogens (tertiary/aromatic N) is 1. The summed E-state index contributed by atoms with van der Waals surface area (Å²) in [5.74, 6) is -0.602. The molecule has 0 saturated heterocycles. The van der Waals surface area contributed by atoms with Gasteiger partial charge in [-0.15, -0.1) is 0 Å². The molecule has 0 spiro atoms. The van der Waals surface area contributed by atoms with Crippen molar-refractivity contribution in [2.45, 2.75) is 77.6 Å². The highest BCUT2D eigenvalue weighted by molar-refractivity contribution is 6.12. The molecule has 0 radical (unpaired) electrons. The maximum absolute atomic E-state index is 11.4. The highest BCUT2D eigenvalue weighted by Crippen LogP contribution is 2.11. The Bertz CT molecular complexity index is 708. The third-order valence-electron chi connectivity index (χ3n) is 7.23. The first-order valence-corrected chi connectivity index (χ1v) is 18.0. The third kappa shape index (κ3) is 30.3. The second-order valence-corrected chi connectivity index (χ2v) is 11.2. The second-order valence-electron chi connectivity index (χ2n) is 11.2. The van der Waals surface area contributed by atoms with Crippen molar-refractivity contribution in [3.63, 3.8) is 0 Å². The lowest BCUT2D eigenvalue weighted by Crippen LogP contribution is -2.33. The highest BCUT2D eigenvalue weighted by atomic mass is 16.6. The van der Waals surface area contributed by atoms with Gasteiger partial charge in [0.2, 0.25) is 0 Å². The molecule has 0 unspecified atom stereocenters. The Kier molecular flexibility index (Phi) is 33.2. The quantitative estimate of drug-likeness (QED) is 0.0682. The van der Waals surface area contributed by atoms with Crippen molar-refractivity contribution >= 4 is 11.8 Å². The molecule has 0 atom stereocenters. The predicted molar refractivity (Wildman–Crippen MR) is 180 cm³/mol. The van der Waals surface area contributed by atoms with Crippen molar-refractivity contribution in [1.82, 2.24) is 4.90 Å². The summed E-state index contributed by atoms with van der Waals surface area (Å²) >= 11 is 0. The van der Waals surface area contributed by atoms with Gasteiger partial charge in [0.15, 0.2) is 0 Å². The lowest BCUT2D eigenvalue weighted by Gasteiger charge is -2.13. The molecule has 0 aromatic carbocycles. The van der Waals surface area contributed by atoms with Gasteiger partial charge in [0, 0.05) is 18.8 Å². The maximum Gasteiger partial charge on any atom is 0.253 e. The van der Waals surface area contributed by atoms with Crippen molar-refractivity contribution in [2.24, 2.45) is 0 Å². The van der Waals surface area contributed by atoms with Gasteiger partial charge in [-0.05, 0) is 6.42 Å². The van der Waals surface area contributed by atoms with Crippen molar-refractivity contribution in [1.29, 1.82) is 0 Å². The van der Waals surface area contributed by atoms with E-state index in [1.807, 2.05) is 0 Å². The number of hydrogen-bond acceptors (Lipinski definition) is 11. The average molecular weight is 676 g/mol. The van der Waals surface area contributed by atoms with Gasteiger partial charge in [-0.25, -0.2) is 0 Å². The number of carbonyl (C=O) groups is 2. The topological polar surface area (TPSA) is 120 Å². The van der Waals surface area contributed by atoms with E-state index in [1.165, 1.54) is 76.4 Å². The summed E-state index contributed by atoms with van der Waals surface area (Å²) in [5.41, 5.74) is 0. The van der Waals surface area contributed by atoms with E-state index < -0.39 is 0 Å². The van der Waals surface area contributed by atoms with E-state index in [9.17, 15) is 9.59 Å². The van der Waals surface area contributed by atoms with E-state index in [4.69, 9.17) is 42.6 Å². The Labute approximate surface area is 284 Å². The lowest BCUT2D eigenvalue weighted by molar-refractivity contribution is -0.137. The molecule has 2 amide bonds. The van der Waals surface area contributed by atoms with Crippen molar-refractivity contribution in [2.75, 3.05) is 125 Å². The molecule has 0 aliphatic carbocycles. The van der Waals surface area contributed by atoms with Crippen LogP contribution in [0.15, 0.2) is 12.2 Å². The van der Waals surface area contributed by atoms with Crippen LogP contribution in [-0.4, -0.2) is 142 Å². The highest BCUT2D eigenvalue weighted by Gasteiger charge is 2.22. The average Bonchev–Trinajstić information content (AvgIpc) is 3.40. The monoisotopic (exact) mass is 675 g/mol. The summed E-state index contributed by atoms with van der Waals surface area (Å²) in [6.45, 7) is 11.7. The van der Waals surface area contributed by atoms with E-state index in [1.54, 1.807) is 0 Å². The van der Waals surface area contributed by atoms with Crippen molar-refractivity contribution < 1.29 is 52.2 Å². The van der Waals surface area contributed by atoms with Gasteiger partial charge in [-0.2, -0.15) is 0 Å². The molecule has 0 N–H and O–H groups in total. The normalized spacial score (nSPS) is 13.1. The molecule has 276 valence electrons. The molecular weight excluding hydrogens is 610 g/mol. The van der Waals surface area contributed by atoms with Crippen LogP contribution in [-0.2, 0) is 52.2 Å². The van der Waals surface area contributed by atoms with Gasteiger partial charge < -0.3 is 42.6 Å². The molecule has 0 saturated carbocycles. The molecule has 0 bridgehead atoms. The number of carbonyl (C=O) groups excluding carboxylic acids is 2. The van der Waals surface area contributed by atoms with Crippen LogP contribution in [0.25, 0.3) is 0 Å². The zero-order valence-electron chi connectivity index (χ0n) is 29.3. The van der Waals surface area contributed by atoms with Gasteiger partial charge in [0.05, 0.1) is 119 Å². The summed E-state index contributed by atoms with van der Waals surface area (Å²) in [4.78, 5) is 23.9. The fraction of sp³-hybridized carbons (Fsp3) is 0.886. The first kappa shape index (κ1) is 43.5. The fourth-order valence-corrected chi connectivity index (χ4v) is 4.54. The smallest absolute Gasteiger partial charge is 0.253 e. The molecule has 1 rings (SSSR count). The Morgan fingerprint density at radius 2 is 0.617 bits per heavy atom. The molecule has 47 heavy (non-hydrogen) atoms. The Morgan fingerprint density at radius 1 is 0.362 bits per heavy atom. The van der Waals surface area contributed by atoms with Gasteiger partial charge >= 0.3 is 0 Å². The van der Waals surface area contributed by atoms with Crippen LogP contribution >= 0.6 is 0 Å². The summed E-state index contributed by atoms with van der Waals surface area (Å²) in [7, 11) is 0. The van der Waals surface area contributed by atoms with Crippen LogP contribution in [0.2, 0.25) is 0 Å². The number of rotatable bonds is 39. The number of amides is 2. The fourth-order valence-electron chi connectivity index (χ4n) is 4.54. The minimum atomic E-state index is -0.301. The summed E-state index contributed by atoms with van der Waals surface area (Å²) in [5, 5.41) is 0. The summed E-state index contributed by atoms with van der Waals surface area (Å²) in [6, 6.07) is 0. The minimum Gasteiger partial charge on any atom is -0.379 e. The van der Waals surface area contributed by atoms with E-state index in [-0.39, 0.29) is 25.0 Å². The van der Waals surface area contributed by atoms with Crippen LogP contribution in [0.4, 0.5) is 0 Å². The standard InChI is InChI=1S/C35H65NO11/c1-2-3-4-5-6-7-8-9-10-11-12-16-39-18-20-41-22-24-43-26-28-45-30-32-47-33-31-46-29-27-44-25-23-42-21-19-40-17-15-36-34(37)13-14-35(36)38/h13-14H,2-12,15-33H2,1H3. The molecule has 1 heterocycles. The van der Waals surface area contributed by atoms with Gasteiger partial charge in [0.1, 0.15) is 0 Å². The molecular formula is C35H65NO11. The predicted octanol–water partition coefficient (Wildman–Crippen LogP) is 4.37. The number of imide groups is 1. The first-order chi connectivity index (χ1) is 23.3. The molecule has 1 aliphatic rings. The molecule has 0 fully saturated rings. The largest absolute Gasteiger partial charge is 0.379 e. The second kappa shape index (κ2) is 35.8. The van der Waals surface area contributed by atoms with Crippen molar-refractivity contribution in [3.05, 3.63) is 12.2 Å². The third-order valence-corrected chi connectivity index (χ3v) is 7.23. The van der Waals surface area contributed by atoms with Crippen LogP contribution in [0.5, 0.6) is 0 Å². The van der Waals surface area contributed by atoms with Crippen LogP contribution in [0.3, 0.4) is 0 Å². The maximum atomic E-state index is 11.4. The van der Waals surface area contributed by atoms with Crippen LogP contribution in [0, 0.1) is 0 Å². The van der Waals surface area contributed by atoms with Crippen LogP contribution in [0.1, 0.15) is 77.6 Å². The number of ether oxygens (including phenoxy) is 9. The van der Waals surface area contributed by atoms with E-state index >= 15 is 0 Å². The summed E-state index contributed by atoms with van der Waals surface area (Å²) < 4.78 is 49.4. The first-order valence-electron chi connectivity index (χ1n) is 18.0. The van der Waals surface area contributed by atoms with Crippen molar-refractivity contribution in [3.8, 4) is 0 Å². The SMILES string of the molecule is CCCCCCCCCCCCCOCCOCCOCCOCCOCCOCCOCCOCCOCCN1C(=O)C=CC1=O. The molecule has 0 aromatic rings. The molecule has 12 heteroatoms. The van der Waals surface area contributed by atoms with E-state index in [0.717, 1.165) is 17.9 Å². The zero-order valence-corrected chi connectivity index (χ0v) is 29.3. The van der Waals surface area contributed by atoms with Crippen LogP contribution < -0.4 is 0 Å². The lowest BCUT2D eigenvalue weighted by atomic mass is 10.1. The van der Waals surface area contributed by atoms with Gasteiger partial charge in [0.25, 0.3) is 11.8 Å². The Balaban J connectivity index is 1.62. The Hall–Kier alpha value is -1.48. The summed E-state index contributed by atoms with van der Waals surface area (Å²) in [6.07, 6.45) is 17.3. The number of hydrogen-bond donors (Lipinski definition) is 0. The van der Waals surface area contributed by atoms with E-state index in [0.29, 0.717) is 106 Å². The Morgan fingerprint density at radius 3 is 0.936 bits per heavy atom.